The predicted octanol–water partition coefficient (Wildman–Crippen LogP) is 1.15. The highest BCUT2D eigenvalue weighted by atomic mass is 15.3. The summed E-state index contributed by atoms with van der Waals surface area (Å²) >= 11 is 0. The van der Waals surface area contributed by atoms with Crippen molar-refractivity contribution in [2.24, 2.45) is 0 Å². The van der Waals surface area contributed by atoms with Gasteiger partial charge in [-0.3, -0.25) is 0 Å². The van der Waals surface area contributed by atoms with Gasteiger partial charge in [0.1, 0.15) is 18.0 Å². The molecule has 1 aromatic heterocycles. The molecule has 18 heavy (non-hydrogen) atoms. The molecule has 0 aromatic carbocycles. The van der Waals surface area contributed by atoms with Gasteiger partial charge in [0.25, 0.3) is 0 Å². The largest absolute Gasteiger partial charge is 0.383 e. The zero-order valence-electron chi connectivity index (χ0n) is 11.6. The van der Waals surface area contributed by atoms with Gasteiger partial charge >= 0.3 is 0 Å². The van der Waals surface area contributed by atoms with E-state index in [0.29, 0.717) is 11.9 Å². The SMILES string of the molecule is CCCc1c(N)ncnc1N1CCN(C)C(C)C1. The van der Waals surface area contributed by atoms with Gasteiger partial charge in [-0.1, -0.05) is 13.3 Å². The van der Waals surface area contributed by atoms with Crippen molar-refractivity contribution >= 4 is 11.6 Å². The Bertz CT molecular complexity index is 406. The maximum atomic E-state index is 5.99. The summed E-state index contributed by atoms with van der Waals surface area (Å²) < 4.78 is 0. The summed E-state index contributed by atoms with van der Waals surface area (Å²) in [6.45, 7) is 7.48. The fraction of sp³-hybridized carbons (Fsp3) is 0.692. The second-order valence-corrected chi connectivity index (χ2v) is 5.09. The Morgan fingerprint density at radius 3 is 2.83 bits per heavy atom. The van der Waals surface area contributed by atoms with Crippen LogP contribution in [0.25, 0.3) is 0 Å². The van der Waals surface area contributed by atoms with E-state index in [2.05, 4.69) is 40.7 Å². The Balaban J connectivity index is 2.25. The lowest BCUT2D eigenvalue weighted by atomic mass is 10.1. The van der Waals surface area contributed by atoms with Crippen LogP contribution >= 0.6 is 0 Å². The average Bonchev–Trinajstić information content (AvgIpc) is 2.35. The molecular formula is C13H23N5. The lowest BCUT2D eigenvalue weighted by Gasteiger charge is -2.39. The molecule has 5 heteroatoms. The van der Waals surface area contributed by atoms with Gasteiger partial charge in [0.2, 0.25) is 0 Å². The number of piperazine rings is 1. The topological polar surface area (TPSA) is 58.3 Å². The fourth-order valence-electron chi connectivity index (χ4n) is 2.42. The Labute approximate surface area is 109 Å². The van der Waals surface area contributed by atoms with Crippen LogP contribution in [-0.4, -0.2) is 47.6 Å². The minimum Gasteiger partial charge on any atom is -0.383 e. The van der Waals surface area contributed by atoms with Gasteiger partial charge in [-0.05, 0) is 20.4 Å². The van der Waals surface area contributed by atoms with Gasteiger partial charge in [-0.2, -0.15) is 0 Å². The van der Waals surface area contributed by atoms with E-state index in [1.165, 1.54) is 0 Å². The van der Waals surface area contributed by atoms with Crippen LogP contribution in [0.4, 0.5) is 11.6 Å². The molecule has 0 bridgehead atoms. The smallest absolute Gasteiger partial charge is 0.137 e. The van der Waals surface area contributed by atoms with Crippen LogP contribution in [0.3, 0.4) is 0 Å². The molecule has 0 spiro atoms. The molecule has 100 valence electrons. The summed E-state index contributed by atoms with van der Waals surface area (Å²) in [6.07, 6.45) is 3.59. The lowest BCUT2D eigenvalue weighted by Crippen LogP contribution is -2.50. The molecular weight excluding hydrogens is 226 g/mol. The van der Waals surface area contributed by atoms with Gasteiger partial charge in [-0.25, -0.2) is 9.97 Å². The van der Waals surface area contributed by atoms with E-state index in [4.69, 9.17) is 5.73 Å². The molecule has 1 aromatic rings. The van der Waals surface area contributed by atoms with Crippen LogP contribution in [0.2, 0.25) is 0 Å². The highest BCUT2D eigenvalue weighted by Gasteiger charge is 2.24. The first-order valence-corrected chi connectivity index (χ1v) is 6.68. The molecule has 1 atom stereocenters. The third kappa shape index (κ3) is 2.56. The molecule has 5 nitrogen and oxygen atoms in total. The molecule has 2 rings (SSSR count). The van der Waals surface area contributed by atoms with E-state index in [9.17, 15) is 0 Å². The van der Waals surface area contributed by atoms with E-state index < -0.39 is 0 Å². The van der Waals surface area contributed by atoms with Crippen molar-refractivity contribution in [1.29, 1.82) is 0 Å². The number of nitrogens with two attached hydrogens (primary N) is 1. The van der Waals surface area contributed by atoms with Crippen LogP contribution in [0, 0.1) is 0 Å². The number of hydrogen-bond acceptors (Lipinski definition) is 5. The molecule has 1 saturated heterocycles. The molecule has 1 unspecified atom stereocenters. The number of anilines is 2. The van der Waals surface area contributed by atoms with Crippen molar-refractivity contribution in [3.05, 3.63) is 11.9 Å². The zero-order chi connectivity index (χ0) is 13.1. The first-order chi connectivity index (χ1) is 8.63. The number of aromatic nitrogens is 2. The molecule has 1 fully saturated rings. The van der Waals surface area contributed by atoms with Crippen molar-refractivity contribution in [1.82, 2.24) is 14.9 Å². The van der Waals surface area contributed by atoms with E-state index in [0.717, 1.165) is 43.9 Å². The van der Waals surface area contributed by atoms with Crippen LogP contribution in [0.15, 0.2) is 6.33 Å². The summed E-state index contributed by atoms with van der Waals surface area (Å²) in [6, 6.07) is 0.546. The number of hydrogen-bond donors (Lipinski definition) is 1. The second-order valence-electron chi connectivity index (χ2n) is 5.09. The van der Waals surface area contributed by atoms with E-state index in [1.807, 2.05) is 0 Å². The molecule has 1 aliphatic heterocycles. The van der Waals surface area contributed by atoms with Gasteiger partial charge in [0.15, 0.2) is 0 Å². The van der Waals surface area contributed by atoms with Gasteiger partial charge in [0, 0.05) is 31.2 Å². The van der Waals surface area contributed by atoms with Crippen molar-refractivity contribution in [2.45, 2.75) is 32.7 Å². The van der Waals surface area contributed by atoms with Crippen LogP contribution in [0.1, 0.15) is 25.8 Å². The standard InChI is InChI=1S/C13H23N5/c1-4-5-11-12(14)15-9-16-13(11)18-7-6-17(3)10(2)8-18/h9-10H,4-8H2,1-3H3,(H2,14,15,16). The molecule has 0 amide bonds. The van der Waals surface area contributed by atoms with Gasteiger partial charge < -0.3 is 15.5 Å². The van der Waals surface area contributed by atoms with E-state index in [-0.39, 0.29) is 0 Å². The van der Waals surface area contributed by atoms with Crippen molar-refractivity contribution in [3.63, 3.8) is 0 Å². The maximum Gasteiger partial charge on any atom is 0.137 e. The van der Waals surface area contributed by atoms with Crippen molar-refractivity contribution in [2.75, 3.05) is 37.3 Å². The number of nitrogens with zero attached hydrogens (tertiary/aromatic N) is 4. The third-order valence-electron chi connectivity index (χ3n) is 3.72. The van der Waals surface area contributed by atoms with Crippen LogP contribution in [0.5, 0.6) is 0 Å². The number of likely N-dealkylation sites (N-methyl/N-ethyl adjacent to an activating group) is 1. The highest BCUT2D eigenvalue weighted by Crippen LogP contribution is 2.24. The molecule has 2 heterocycles. The van der Waals surface area contributed by atoms with Gasteiger partial charge in [-0.15, -0.1) is 0 Å². The lowest BCUT2D eigenvalue weighted by molar-refractivity contribution is 0.233. The summed E-state index contributed by atoms with van der Waals surface area (Å²) in [4.78, 5) is 13.3. The van der Waals surface area contributed by atoms with Gasteiger partial charge in [0.05, 0.1) is 0 Å². The van der Waals surface area contributed by atoms with E-state index in [1.54, 1.807) is 6.33 Å². The summed E-state index contributed by atoms with van der Waals surface area (Å²) in [5.74, 6) is 1.66. The summed E-state index contributed by atoms with van der Waals surface area (Å²) in [7, 11) is 2.17. The van der Waals surface area contributed by atoms with E-state index >= 15 is 0 Å². The second kappa shape index (κ2) is 5.52. The molecule has 1 aliphatic rings. The van der Waals surface area contributed by atoms with Crippen molar-refractivity contribution < 1.29 is 0 Å². The molecule has 0 saturated carbocycles. The quantitative estimate of drug-likeness (QED) is 0.871. The Morgan fingerprint density at radius 1 is 1.39 bits per heavy atom. The summed E-state index contributed by atoms with van der Waals surface area (Å²) in [5, 5.41) is 0. The Hall–Kier alpha value is -1.36. The van der Waals surface area contributed by atoms with Crippen molar-refractivity contribution in [3.8, 4) is 0 Å². The first-order valence-electron chi connectivity index (χ1n) is 6.68. The average molecular weight is 249 g/mol. The monoisotopic (exact) mass is 249 g/mol. The van der Waals surface area contributed by atoms with Crippen LogP contribution < -0.4 is 10.6 Å². The molecule has 2 N–H and O–H groups in total. The molecule has 0 aliphatic carbocycles. The zero-order valence-corrected chi connectivity index (χ0v) is 11.6. The third-order valence-corrected chi connectivity index (χ3v) is 3.72. The predicted molar refractivity (Wildman–Crippen MR) is 74.7 cm³/mol. The Kier molecular flexibility index (Phi) is 4.01. The maximum absolute atomic E-state index is 5.99. The minimum absolute atomic E-state index is 0.546. The summed E-state index contributed by atoms with van der Waals surface area (Å²) in [5.41, 5.74) is 7.10. The number of rotatable bonds is 3. The molecule has 0 radical (unpaired) electrons. The Morgan fingerprint density at radius 2 is 2.17 bits per heavy atom. The first kappa shape index (κ1) is 13.1. The van der Waals surface area contributed by atoms with Crippen LogP contribution in [-0.2, 0) is 6.42 Å². The highest BCUT2D eigenvalue weighted by molar-refractivity contribution is 5.57. The fourth-order valence-corrected chi connectivity index (χ4v) is 2.42. The minimum atomic E-state index is 0.546. The normalized spacial score (nSPS) is 21.3. The number of nitrogen functional groups attached to an aromatic ring is 1.